The monoisotopic (exact) mass is 376 g/mol. The molecule has 0 unspecified atom stereocenters. The maximum atomic E-state index is 12.7. The van der Waals surface area contributed by atoms with Crippen molar-refractivity contribution in [2.75, 3.05) is 16.2 Å². The maximum Gasteiger partial charge on any atom is 0.262 e. The van der Waals surface area contributed by atoms with Crippen molar-refractivity contribution >= 4 is 27.3 Å². The Morgan fingerprint density at radius 3 is 2.58 bits per heavy atom. The summed E-state index contributed by atoms with van der Waals surface area (Å²) in [5, 5.41) is 9.79. The van der Waals surface area contributed by atoms with Gasteiger partial charge in [-0.2, -0.15) is 0 Å². The van der Waals surface area contributed by atoms with Crippen molar-refractivity contribution < 1.29 is 23.1 Å². The van der Waals surface area contributed by atoms with E-state index in [1.54, 1.807) is 12.1 Å². The van der Waals surface area contributed by atoms with Gasteiger partial charge in [0.25, 0.3) is 10.0 Å². The number of aromatic hydroxyl groups is 1. The number of hydrogen-bond donors (Lipinski definition) is 2. The Kier molecular flexibility index (Phi) is 4.31. The summed E-state index contributed by atoms with van der Waals surface area (Å²) in [4.78, 5) is 13.5. The van der Waals surface area contributed by atoms with E-state index < -0.39 is 15.6 Å². The highest BCUT2D eigenvalue weighted by Gasteiger charge is 2.34. The summed E-state index contributed by atoms with van der Waals surface area (Å²) in [5.41, 5.74) is -0.101. The molecule has 0 fully saturated rings. The Balaban J connectivity index is 2.01. The lowest BCUT2D eigenvalue weighted by atomic mass is 10.1. The molecule has 0 saturated carbocycles. The Morgan fingerprint density at radius 2 is 1.92 bits per heavy atom. The van der Waals surface area contributed by atoms with Crippen LogP contribution >= 0.6 is 0 Å². The van der Waals surface area contributed by atoms with E-state index in [2.05, 4.69) is 4.72 Å². The molecule has 0 atom stereocenters. The van der Waals surface area contributed by atoms with Gasteiger partial charge in [-0.25, -0.2) is 8.42 Å². The molecule has 0 saturated heterocycles. The molecule has 1 aliphatic rings. The van der Waals surface area contributed by atoms with E-state index in [4.69, 9.17) is 4.74 Å². The lowest BCUT2D eigenvalue weighted by Gasteiger charge is -2.39. The number of carbonyl (C=O) groups excluding carboxylic acids is 1. The quantitative estimate of drug-likeness (QED) is 0.803. The molecule has 26 heavy (non-hydrogen) atoms. The Labute approximate surface area is 152 Å². The van der Waals surface area contributed by atoms with Crippen LogP contribution < -0.4 is 14.4 Å². The zero-order valence-corrected chi connectivity index (χ0v) is 15.5. The fourth-order valence-corrected chi connectivity index (χ4v) is 3.90. The van der Waals surface area contributed by atoms with Gasteiger partial charge < -0.3 is 14.7 Å². The average Bonchev–Trinajstić information content (AvgIpc) is 2.54. The molecular formula is C18H20N2O5S. The van der Waals surface area contributed by atoms with Crippen molar-refractivity contribution in [3.63, 3.8) is 0 Å². The number of nitrogens with one attached hydrogen (secondary N) is 1. The van der Waals surface area contributed by atoms with Gasteiger partial charge in [-0.15, -0.1) is 0 Å². The van der Waals surface area contributed by atoms with Gasteiger partial charge >= 0.3 is 0 Å². The number of ether oxygens (including phenoxy) is 1. The summed E-state index contributed by atoms with van der Waals surface area (Å²) in [7, 11) is -3.95. The minimum Gasteiger partial charge on any atom is -0.506 e. The molecular weight excluding hydrogens is 356 g/mol. The Hall–Kier alpha value is -2.74. The van der Waals surface area contributed by atoms with Crippen molar-refractivity contribution in [3.8, 4) is 11.5 Å². The first-order valence-electron chi connectivity index (χ1n) is 8.01. The first-order valence-corrected chi connectivity index (χ1v) is 9.49. The number of amides is 1. The minimum absolute atomic E-state index is 0.0333. The molecule has 2 aromatic carbocycles. The fourth-order valence-electron chi connectivity index (χ4n) is 2.80. The van der Waals surface area contributed by atoms with Gasteiger partial charge in [0.15, 0.2) is 0 Å². The molecule has 0 spiro atoms. The number of benzene rings is 2. The van der Waals surface area contributed by atoms with Crippen LogP contribution in [-0.2, 0) is 14.8 Å². The van der Waals surface area contributed by atoms with Gasteiger partial charge in [0, 0.05) is 6.92 Å². The smallest absolute Gasteiger partial charge is 0.262 e. The van der Waals surface area contributed by atoms with E-state index in [1.807, 2.05) is 13.8 Å². The molecule has 1 amide bonds. The summed E-state index contributed by atoms with van der Waals surface area (Å²) < 4.78 is 33.6. The largest absolute Gasteiger partial charge is 0.506 e. The standard InChI is InChI=1S/C18H20N2O5S/c1-12(21)20-11-18(2,3)25-17-9-8-13(10-15(17)20)26(23,24)19-14-6-4-5-7-16(14)22/h4-10,19,22H,11H2,1-3H3. The predicted molar refractivity (Wildman–Crippen MR) is 98.1 cm³/mol. The van der Waals surface area contributed by atoms with Crippen molar-refractivity contribution in [3.05, 3.63) is 42.5 Å². The molecule has 1 aliphatic heterocycles. The SMILES string of the molecule is CC(=O)N1CC(C)(C)Oc2ccc(S(=O)(=O)Nc3ccccc3O)cc21. The van der Waals surface area contributed by atoms with Crippen LogP contribution in [0.25, 0.3) is 0 Å². The molecule has 2 N–H and O–H groups in total. The van der Waals surface area contributed by atoms with Crippen LogP contribution in [0.2, 0.25) is 0 Å². The molecule has 2 aromatic rings. The van der Waals surface area contributed by atoms with E-state index in [0.29, 0.717) is 18.0 Å². The van der Waals surface area contributed by atoms with Crippen LogP contribution in [0.15, 0.2) is 47.4 Å². The first-order chi connectivity index (χ1) is 12.1. The summed E-state index contributed by atoms with van der Waals surface area (Å²) in [5.74, 6) is 0.0632. The van der Waals surface area contributed by atoms with E-state index in [-0.39, 0.29) is 22.2 Å². The van der Waals surface area contributed by atoms with Crippen LogP contribution in [0.3, 0.4) is 0 Å². The molecule has 0 aliphatic carbocycles. The van der Waals surface area contributed by atoms with E-state index in [0.717, 1.165) is 0 Å². The highest BCUT2D eigenvalue weighted by atomic mass is 32.2. The Bertz CT molecular complexity index is 969. The number of sulfonamides is 1. The predicted octanol–water partition coefficient (Wildman–Crippen LogP) is 2.72. The number of phenolic OH excluding ortho intramolecular Hbond substituents is 1. The number of anilines is 2. The Morgan fingerprint density at radius 1 is 1.23 bits per heavy atom. The van der Waals surface area contributed by atoms with Crippen molar-refractivity contribution in [2.24, 2.45) is 0 Å². The van der Waals surface area contributed by atoms with Gasteiger partial charge in [0.1, 0.15) is 17.1 Å². The van der Waals surface area contributed by atoms with Crippen LogP contribution in [0, 0.1) is 0 Å². The highest BCUT2D eigenvalue weighted by molar-refractivity contribution is 7.92. The maximum absolute atomic E-state index is 12.7. The second kappa shape index (κ2) is 6.21. The number of hydrogen-bond acceptors (Lipinski definition) is 5. The van der Waals surface area contributed by atoms with Gasteiger partial charge in [0.2, 0.25) is 5.91 Å². The molecule has 0 radical (unpaired) electrons. The number of carbonyl (C=O) groups is 1. The second-order valence-corrected chi connectivity index (χ2v) is 8.40. The zero-order valence-electron chi connectivity index (χ0n) is 14.7. The van der Waals surface area contributed by atoms with Crippen LogP contribution in [0.1, 0.15) is 20.8 Å². The second-order valence-electron chi connectivity index (χ2n) is 6.72. The summed E-state index contributed by atoms with van der Waals surface area (Å²) in [6.45, 7) is 5.45. The fraction of sp³-hybridized carbons (Fsp3) is 0.278. The number of fused-ring (bicyclic) bond motifs is 1. The van der Waals surface area contributed by atoms with Crippen molar-refractivity contribution in [1.82, 2.24) is 0 Å². The van der Waals surface area contributed by atoms with Crippen molar-refractivity contribution in [1.29, 1.82) is 0 Å². The number of nitrogens with zero attached hydrogens (tertiary/aromatic N) is 1. The third-order valence-corrected chi connectivity index (χ3v) is 5.35. The topological polar surface area (TPSA) is 95.9 Å². The van der Waals surface area contributed by atoms with Gasteiger partial charge in [-0.05, 0) is 44.2 Å². The van der Waals surface area contributed by atoms with Crippen LogP contribution in [0.4, 0.5) is 11.4 Å². The normalized spacial score (nSPS) is 15.7. The zero-order chi connectivity index (χ0) is 19.1. The minimum atomic E-state index is -3.95. The van der Waals surface area contributed by atoms with E-state index in [1.165, 1.54) is 42.2 Å². The third kappa shape index (κ3) is 3.45. The van der Waals surface area contributed by atoms with Gasteiger partial charge in [-0.1, -0.05) is 12.1 Å². The highest BCUT2D eigenvalue weighted by Crippen LogP contribution is 2.39. The number of rotatable bonds is 3. The first kappa shape index (κ1) is 18.1. The summed E-state index contributed by atoms with van der Waals surface area (Å²) in [6.07, 6.45) is 0. The number of para-hydroxylation sites is 2. The summed E-state index contributed by atoms with van der Waals surface area (Å²) >= 11 is 0. The molecule has 8 heteroatoms. The molecule has 1 heterocycles. The van der Waals surface area contributed by atoms with Crippen LogP contribution in [-0.4, -0.2) is 31.6 Å². The molecule has 0 aromatic heterocycles. The van der Waals surface area contributed by atoms with Crippen molar-refractivity contribution in [2.45, 2.75) is 31.3 Å². The third-order valence-electron chi connectivity index (χ3n) is 3.99. The summed E-state index contributed by atoms with van der Waals surface area (Å²) in [6, 6.07) is 10.4. The number of phenols is 1. The van der Waals surface area contributed by atoms with Crippen LogP contribution in [0.5, 0.6) is 11.5 Å². The average molecular weight is 376 g/mol. The lowest BCUT2D eigenvalue weighted by molar-refractivity contribution is -0.117. The van der Waals surface area contributed by atoms with E-state index >= 15 is 0 Å². The van der Waals surface area contributed by atoms with Gasteiger partial charge in [-0.3, -0.25) is 9.52 Å². The van der Waals surface area contributed by atoms with E-state index in [9.17, 15) is 18.3 Å². The molecule has 138 valence electrons. The van der Waals surface area contributed by atoms with Gasteiger partial charge in [0.05, 0.1) is 22.8 Å². The molecule has 3 rings (SSSR count). The lowest BCUT2D eigenvalue weighted by Crippen LogP contribution is -2.48. The molecule has 0 bridgehead atoms. The molecule has 7 nitrogen and oxygen atoms in total.